The summed E-state index contributed by atoms with van der Waals surface area (Å²) in [6, 6.07) is 1.77. The first-order valence-electron chi connectivity index (χ1n) is 3.60. The average Bonchev–Trinajstić information content (AvgIpc) is 2.53. The zero-order valence-electron chi connectivity index (χ0n) is 6.28. The molecular weight excluding hydrogens is 156 g/mol. The van der Waals surface area contributed by atoms with Gasteiger partial charge in [0, 0.05) is 18.2 Å². The summed E-state index contributed by atoms with van der Waals surface area (Å²) in [5, 5.41) is 0. The molecule has 0 N–H and O–H groups in total. The van der Waals surface area contributed by atoms with Gasteiger partial charge in [-0.15, -0.1) is 4.99 Å². The Bertz CT molecular complexity index is 356. The number of carbonyl (C=O) groups excluding carboxylic acids is 1. The van der Waals surface area contributed by atoms with E-state index in [9.17, 15) is 4.79 Å². The van der Waals surface area contributed by atoms with Gasteiger partial charge in [0.1, 0.15) is 5.75 Å². The average molecular weight is 162 g/mol. The number of pyridine rings is 1. The SMILES string of the molecule is O=C=Nc1nccc2c1CCO2. The Kier molecular flexibility index (Phi) is 1.61. The Balaban J connectivity index is 2.56. The molecule has 0 bridgehead atoms. The Morgan fingerprint density at radius 2 is 2.58 bits per heavy atom. The van der Waals surface area contributed by atoms with Crippen LogP contribution >= 0.6 is 0 Å². The molecule has 2 rings (SSSR count). The summed E-state index contributed by atoms with van der Waals surface area (Å²) in [4.78, 5) is 17.4. The summed E-state index contributed by atoms with van der Waals surface area (Å²) in [5.74, 6) is 1.21. The van der Waals surface area contributed by atoms with Crippen molar-refractivity contribution >= 4 is 11.9 Å². The van der Waals surface area contributed by atoms with Crippen LogP contribution in [0.1, 0.15) is 5.56 Å². The number of rotatable bonds is 1. The second-order valence-corrected chi connectivity index (χ2v) is 2.41. The number of aliphatic imine (C=N–C) groups is 1. The molecule has 1 aliphatic rings. The van der Waals surface area contributed by atoms with E-state index in [2.05, 4.69) is 9.98 Å². The maximum absolute atomic E-state index is 10.0. The normalized spacial score (nSPS) is 13.0. The summed E-state index contributed by atoms with van der Waals surface area (Å²) >= 11 is 0. The molecule has 0 atom stereocenters. The zero-order chi connectivity index (χ0) is 8.39. The van der Waals surface area contributed by atoms with Crippen molar-refractivity contribution < 1.29 is 9.53 Å². The first-order valence-corrected chi connectivity index (χ1v) is 3.60. The van der Waals surface area contributed by atoms with Crippen molar-refractivity contribution in [1.82, 2.24) is 4.98 Å². The largest absolute Gasteiger partial charge is 0.493 e. The predicted octanol–water partition coefficient (Wildman–Crippen LogP) is 0.984. The van der Waals surface area contributed by atoms with Crippen LogP contribution in [0.3, 0.4) is 0 Å². The lowest BCUT2D eigenvalue weighted by Crippen LogP contribution is -1.85. The molecule has 0 aromatic carbocycles. The van der Waals surface area contributed by atoms with Crippen molar-refractivity contribution in [2.24, 2.45) is 4.99 Å². The maximum Gasteiger partial charge on any atom is 0.242 e. The van der Waals surface area contributed by atoms with Gasteiger partial charge < -0.3 is 4.74 Å². The van der Waals surface area contributed by atoms with Gasteiger partial charge >= 0.3 is 0 Å². The monoisotopic (exact) mass is 162 g/mol. The highest BCUT2D eigenvalue weighted by atomic mass is 16.5. The molecule has 4 heteroatoms. The Morgan fingerprint density at radius 1 is 1.67 bits per heavy atom. The van der Waals surface area contributed by atoms with Crippen LogP contribution in [0.5, 0.6) is 5.75 Å². The Hall–Kier alpha value is -1.67. The van der Waals surface area contributed by atoms with Gasteiger partial charge in [0.2, 0.25) is 6.08 Å². The van der Waals surface area contributed by atoms with Crippen LogP contribution in [0.25, 0.3) is 0 Å². The molecule has 0 unspecified atom stereocenters. The Morgan fingerprint density at radius 3 is 3.42 bits per heavy atom. The minimum atomic E-state index is 0.431. The van der Waals surface area contributed by atoms with E-state index in [0.29, 0.717) is 12.4 Å². The van der Waals surface area contributed by atoms with Gasteiger partial charge in [-0.2, -0.15) is 0 Å². The molecule has 1 aliphatic heterocycles. The molecule has 0 saturated heterocycles. The topological polar surface area (TPSA) is 51.5 Å². The molecule has 0 radical (unpaired) electrons. The fourth-order valence-corrected chi connectivity index (χ4v) is 1.24. The number of fused-ring (bicyclic) bond motifs is 1. The van der Waals surface area contributed by atoms with Crippen LogP contribution in [-0.2, 0) is 11.2 Å². The molecule has 1 aromatic rings. The number of isocyanates is 1. The highest BCUT2D eigenvalue weighted by Gasteiger charge is 2.16. The van der Waals surface area contributed by atoms with Crippen molar-refractivity contribution in [3.05, 3.63) is 17.8 Å². The lowest BCUT2D eigenvalue weighted by Gasteiger charge is -1.97. The second-order valence-electron chi connectivity index (χ2n) is 2.41. The fourth-order valence-electron chi connectivity index (χ4n) is 1.24. The van der Waals surface area contributed by atoms with Gasteiger partial charge in [-0.3, -0.25) is 0 Å². The second kappa shape index (κ2) is 2.75. The first kappa shape index (κ1) is 7.00. The first-order chi connectivity index (χ1) is 5.92. The van der Waals surface area contributed by atoms with Gasteiger partial charge in [-0.05, 0) is 6.07 Å². The lowest BCUT2D eigenvalue weighted by molar-refractivity contribution is 0.356. The number of hydrogen-bond acceptors (Lipinski definition) is 4. The molecular formula is C8H6N2O2. The number of nitrogens with zero attached hydrogens (tertiary/aromatic N) is 2. The van der Waals surface area contributed by atoms with E-state index < -0.39 is 0 Å². The summed E-state index contributed by atoms with van der Waals surface area (Å²) in [7, 11) is 0. The molecule has 12 heavy (non-hydrogen) atoms. The van der Waals surface area contributed by atoms with E-state index in [1.165, 1.54) is 6.08 Å². The van der Waals surface area contributed by atoms with Gasteiger partial charge in [-0.25, -0.2) is 9.78 Å². The molecule has 0 aliphatic carbocycles. The molecule has 0 spiro atoms. The van der Waals surface area contributed by atoms with Gasteiger partial charge in [0.25, 0.3) is 0 Å². The van der Waals surface area contributed by atoms with E-state index in [0.717, 1.165) is 17.7 Å². The Labute approximate surface area is 68.9 Å². The number of hydrogen-bond donors (Lipinski definition) is 0. The zero-order valence-corrected chi connectivity index (χ0v) is 6.28. The predicted molar refractivity (Wildman–Crippen MR) is 41.2 cm³/mol. The molecule has 2 heterocycles. The van der Waals surface area contributed by atoms with E-state index in [4.69, 9.17) is 4.74 Å². The molecule has 0 saturated carbocycles. The number of aromatic nitrogens is 1. The van der Waals surface area contributed by atoms with Gasteiger partial charge in [0.15, 0.2) is 5.82 Å². The van der Waals surface area contributed by atoms with Crippen molar-refractivity contribution in [2.45, 2.75) is 6.42 Å². The maximum atomic E-state index is 10.0. The van der Waals surface area contributed by atoms with Crippen molar-refractivity contribution in [2.75, 3.05) is 6.61 Å². The fraction of sp³-hybridized carbons (Fsp3) is 0.250. The summed E-state index contributed by atoms with van der Waals surface area (Å²) in [6.07, 6.45) is 3.81. The third-order valence-electron chi connectivity index (χ3n) is 1.75. The molecule has 1 aromatic heterocycles. The smallest absolute Gasteiger partial charge is 0.242 e. The summed E-state index contributed by atoms with van der Waals surface area (Å²) < 4.78 is 5.26. The quantitative estimate of drug-likeness (QED) is 0.457. The highest BCUT2D eigenvalue weighted by molar-refractivity contribution is 5.54. The van der Waals surface area contributed by atoms with Crippen LogP contribution in [0.15, 0.2) is 17.3 Å². The molecule has 60 valence electrons. The molecule has 0 amide bonds. The molecule has 0 fully saturated rings. The summed E-state index contributed by atoms with van der Waals surface area (Å²) in [6.45, 7) is 0.641. The highest BCUT2D eigenvalue weighted by Crippen LogP contribution is 2.30. The molecule has 4 nitrogen and oxygen atoms in total. The van der Waals surface area contributed by atoms with Crippen LogP contribution in [-0.4, -0.2) is 17.7 Å². The van der Waals surface area contributed by atoms with E-state index in [1.807, 2.05) is 0 Å². The minimum Gasteiger partial charge on any atom is -0.493 e. The lowest BCUT2D eigenvalue weighted by atomic mass is 10.2. The standard InChI is InChI=1S/C8H6N2O2/c11-5-10-8-6-2-4-12-7(6)1-3-9-8/h1,3H,2,4H2. The van der Waals surface area contributed by atoms with Gasteiger partial charge in [0.05, 0.1) is 6.61 Å². The third-order valence-corrected chi connectivity index (χ3v) is 1.75. The van der Waals surface area contributed by atoms with Crippen LogP contribution in [0, 0.1) is 0 Å². The number of ether oxygens (including phenoxy) is 1. The third kappa shape index (κ3) is 0.984. The van der Waals surface area contributed by atoms with Crippen molar-refractivity contribution in [3.63, 3.8) is 0 Å². The van der Waals surface area contributed by atoms with Crippen LogP contribution in [0.4, 0.5) is 5.82 Å². The van der Waals surface area contributed by atoms with Crippen molar-refractivity contribution in [3.8, 4) is 5.75 Å². The minimum absolute atomic E-state index is 0.431. The van der Waals surface area contributed by atoms with Crippen LogP contribution < -0.4 is 4.74 Å². The van der Waals surface area contributed by atoms with E-state index in [1.54, 1.807) is 12.3 Å². The van der Waals surface area contributed by atoms with E-state index in [-0.39, 0.29) is 0 Å². The summed E-state index contributed by atoms with van der Waals surface area (Å²) in [5.41, 5.74) is 0.904. The van der Waals surface area contributed by atoms with Crippen molar-refractivity contribution in [1.29, 1.82) is 0 Å². The van der Waals surface area contributed by atoms with Gasteiger partial charge in [-0.1, -0.05) is 0 Å². The van der Waals surface area contributed by atoms with E-state index >= 15 is 0 Å². The van der Waals surface area contributed by atoms with Crippen LogP contribution in [0.2, 0.25) is 0 Å².